The van der Waals surface area contributed by atoms with Gasteiger partial charge < -0.3 is 19.9 Å². The molecule has 0 spiro atoms. The van der Waals surface area contributed by atoms with Crippen LogP contribution in [-0.4, -0.2) is 39.6 Å². The molecule has 0 radical (unpaired) electrons. The first kappa shape index (κ1) is 15.6. The predicted molar refractivity (Wildman–Crippen MR) is 74.0 cm³/mol. The summed E-state index contributed by atoms with van der Waals surface area (Å²) >= 11 is 1.68. The monoisotopic (exact) mass is 273 g/mol. The van der Waals surface area contributed by atoms with E-state index in [9.17, 15) is 0 Å². The fourth-order valence-corrected chi connectivity index (χ4v) is 2.41. The standard InChI is InChI=1S/C13H23NO3S/c1-3-11(14)13(12-5-4-10-18-12)17-9-8-16-7-6-15-2/h4-5,10-11,13H,3,6-9,14H2,1-2H3. The van der Waals surface area contributed by atoms with Gasteiger partial charge in [0.25, 0.3) is 0 Å². The van der Waals surface area contributed by atoms with Gasteiger partial charge in [-0.15, -0.1) is 11.3 Å². The van der Waals surface area contributed by atoms with Gasteiger partial charge in [0.05, 0.1) is 26.4 Å². The second kappa shape index (κ2) is 9.47. The van der Waals surface area contributed by atoms with Gasteiger partial charge in [0.1, 0.15) is 6.10 Å². The molecule has 5 heteroatoms. The van der Waals surface area contributed by atoms with Crippen LogP contribution in [0.1, 0.15) is 24.3 Å². The van der Waals surface area contributed by atoms with E-state index in [0.29, 0.717) is 26.4 Å². The Kier molecular flexibility index (Phi) is 8.20. The molecule has 0 aliphatic carbocycles. The minimum atomic E-state index is -0.0268. The smallest absolute Gasteiger partial charge is 0.107 e. The fourth-order valence-electron chi connectivity index (χ4n) is 1.56. The average molecular weight is 273 g/mol. The van der Waals surface area contributed by atoms with E-state index in [-0.39, 0.29) is 12.1 Å². The van der Waals surface area contributed by atoms with Crippen LogP contribution in [0.4, 0.5) is 0 Å². The Balaban J connectivity index is 2.30. The molecule has 2 atom stereocenters. The summed E-state index contributed by atoms with van der Waals surface area (Å²) < 4.78 is 16.1. The van der Waals surface area contributed by atoms with Crippen molar-refractivity contribution in [3.63, 3.8) is 0 Å². The molecule has 0 bridgehead atoms. The van der Waals surface area contributed by atoms with Crippen molar-refractivity contribution in [1.29, 1.82) is 0 Å². The SMILES string of the molecule is CCC(N)C(OCCOCCOC)c1cccs1. The van der Waals surface area contributed by atoms with Crippen LogP contribution < -0.4 is 5.73 Å². The van der Waals surface area contributed by atoms with Crippen molar-refractivity contribution in [2.75, 3.05) is 33.5 Å². The van der Waals surface area contributed by atoms with E-state index in [0.717, 1.165) is 6.42 Å². The van der Waals surface area contributed by atoms with E-state index in [1.807, 2.05) is 11.4 Å². The lowest BCUT2D eigenvalue weighted by Crippen LogP contribution is -2.30. The summed E-state index contributed by atoms with van der Waals surface area (Å²) in [5.41, 5.74) is 6.09. The van der Waals surface area contributed by atoms with Crippen LogP contribution in [0.5, 0.6) is 0 Å². The first-order chi connectivity index (χ1) is 8.79. The molecule has 0 fully saturated rings. The number of hydrogen-bond acceptors (Lipinski definition) is 5. The highest BCUT2D eigenvalue weighted by atomic mass is 32.1. The number of nitrogens with two attached hydrogens (primary N) is 1. The van der Waals surface area contributed by atoms with Gasteiger partial charge in [-0.1, -0.05) is 13.0 Å². The largest absolute Gasteiger partial charge is 0.382 e. The zero-order chi connectivity index (χ0) is 13.2. The van der Waals surface area contributed by atoms with E-state index < -0.39 is 0 Å². The molecule has 0 aromatic carbocycles. The van der Waals surface area contributed by atoms with Gasteiger partial charge in [0.15, 0.2) is 0 Å². The summed E-state index contributed by atoms with van der Waals surface area (Å²) in [5, 5.41) is 2.04. The molecule has 0 saturated heterocycles. The molecule has 1 aromatic heterocycles. The Hall–Kier alpha value is -0.460. The van der Waals surface area contributed by atoms with Crippen molar-refractivity contribution in [3.8, 4) is 0 Å². The third kappa shape index (κ3) is 5.46. The van der Waals surface area contributed by atoms with Crippen LogP contribution in [0.15, 0.2) is 17.5 Å². The lowest BCUT2D eigenvalue weighted by molar-refractivity contribution is -0.0152. The highest BCUT2D eigenvalue weighted by molar-refractivity contribution is 7.10. The van der Waals surface area contributed by atoms with Crippen molar-refractivity contribution in [3.05, 3.63) is 22.4 Å². The lowest BCUT2D eigenvalue weighted by Gasteiger charge is -2.22. The molecular weight excluding hydrogens is 250 g/mol. The minimum absolute atomic E-state index is 0.0268. The van der Waals surface area contributed by atoms with Gasteiger partial charge in [-0.3, -0.25) is 0 Å². The van der Waals surface area contributed by atoms with E-state index >= 15 is 0 Å². The molecule has 2 N–H and O–H groups in total. The third-order valence-corrected chi connectivity index (χ3v) is 3.57. The Morgan fingerprint density at radius 1 is 1.28 bits per heavy atom. The van der Waals surface area contributed by atoms with Crippen LogP contribution in [-0.2, 0) is 14.2 Å². The molecule has 0 saturated carbocycles. The number of ether oxygens (including phenoxy) is 3. The zero-order valence-electron chi connectivity index (χ0n) is 11.1. The first-order valence-electron chi connectivity index (χ1n) is 6.26. The van der Waals surface area contributed by atoms with E-state index in [1.54, 1.807) is 18.4 Å². The number of hydrogen-bond donors (Lipinski definition) is 1. The van der Waals surface area contributed by atoms with Crippen molar-refractivity contribution in [2.24, 2.45) is 5.73 Å². The molecule has 0 amide bonds. The van der Waals surface area contributed by atoms with Crippen molar-refractivity contribution < 1.29 is 14.2 Å². The van der Waals surface area contributed by atoms with Gasteiger partial charge >= 0.3 is 0 Å². The van der Waals surface area contributed by atoms with Gasteiger partial charge in [-0.25, -0.2) is 0 Å². The summed E-state index contributed by atoms with van der Waals surface area (Å²) in [6.07, 6.45) is 0.869. The maximum atomic E-state index is 6.09. The summed E-state index contributed by atoms with van der Waals surface area (Å²) in [6, 6.07) is 4.12. The van der Waals surface area contributed by atoms with E-state index in [2.05, 4.69) is 13.0 Å². The Bertz CT molecular complexity index is 292. The van der Waals surface area contributed by atoms with E-state index in [4.69, 9.17) is 19.9 Å². The Labute approximate surface area is 113 Å². The molecule has 4 nitrogen and oxygen atoms in total. The lowest BCUT2D eigenvalue weighted by atomic mass is 10.1. The number of rotatable bonds is 10. The Morgan fingerprint density at radius 2 is 2.06 bits per heavy atom. The molecule has 104 valence electrons. The molecule has 0 aliphatic rings. The van der Waals surface area contributed by atoms with Crippen molar-refractivity contribution in [1.82, 2.24) is 0 Å². The van der Waals surface area contributed by atoms with Gasteiger partial charge in [0, 0.05) is 18.0 Å². The second-order valence-corrected chi connectivity index (χ2v) is 4.96. The van der Waals surface area contributed by atoms with Gasteiger partial charge in [-0.2, -0.15) is 0 Å². The maximum Gasteiger partial charge on any atom is 0.107 e. The van der Waals surface area contributed by atoms with E-state index in [1.165, 1.54) is 4.88 Å². The van der Waals surface area contributed by atoms with Crippen LogP contribution in [0.25, 0.3) is 0 Å². The second-order valence-electron chi connectivity index (χ2n) is 3.98. The highest BCUT2D eigenvalue weighted by Crippen LogP contribution is 2.26. The van der Waals surface area contributed by atoms with Crippen molar-refractivity contribution in [2.45, 2.75) is 25.5 Å². The predicted octanol–water partition coefficient (Wildman–Crippen LogP) is 2.21. The zero-order valence-corrected chi connectivity index (χ0v) is 11.9. The highest BCUT2D eigenvalue weighted by Gasteiger charge is 2.19. The average Bonchev–Trinajstić information content (AvgIpc) is 2.91. The minimum Gasteiger partial charge on any atom is -0.382 e. The number of thiophene rings is 1. The summed E-state index contributed by atoms with van der Waals surface area (Å²) in [5.74, 6) is 0. The normalized spacial score (nSPS) is 14.6. The van der Waals surface area contributed by atoms with Crippen LogP contribution in [0.2, 0.25) is 0 Å². The molecular formula is C13H23NO3S. The van der Waals surface area contributed by atoms with Crippen LogP contribution in [0.3, 0.4) is 0 Å². The number of methoxy groups -OCH3 is 1. The summed E-state index contributed by atoms with van der Waals surface area (Å²) in [4.78, 5) is 1.18. The molecule has 0 aliphatic heterocycles. The molecule has 1 rings (SSSR count). The van der Waals surface area contributed by atoms with Gasteiger partial charge in [0.2, 0.25) is 0 Å². The molecule has 18 heavy (non-hydrogen) atoms. The quantitative estimate of drug-likeness (QED) is 0.664. The molecule has 2 unspecified atom stereocenters. The fraction of sp³-hybridized carbons (Fsp3) is 0.692. The van der Waals surface area contributed by atoms with Crippen LogP contribution >= 0.6 is 11.3 Å². The maximum absolute atomic E-state index is 6.09. The summed E-state index contributed by atoms with van der Waals surface area (Å²) in [7, 11) is 1.66. The first-order valence-corrected chi connectivity index (χ1v) is 7.14. The third-order valence-electron chi connectivity index (χ3n) is 2.64. The molecule has 1 heterocycles. The summed E-state index contributed by atoms with van der Waals surface area (Å²) in [6.45, 7) is 4.41. The topological polar surface area (TPSA) is 53.7 Å². The Morgan fingerprint density at radius 3 is 2.67 bits per heavy atom. The van der Waals surface area contributed by atoms with Crippen molar-refractivity contribution >= 4 is 11.3 Å². The van der Waals surface area contributed by atoms with Crippen LogP contribution in [0, 0.1) is 0 Å². The van der Waals surface area contributed by atoms with Gasteiger partial charge in [-0.05, 0) is 17.9 Å². The molecule has 1 aromatic rings.